The lowest BCUT2D eigenvalue weighted by molar-refractivity contribution is -0.119. The number of halogens is 1. The Kier molecular flexibility index (Phi) is 4.94. The van der Waals surface area contributed by atoms with E-state index in [4.69, 9.17) is 9.84 Å². The highest BCUT2D eigenvalue weighted by Gasteiger charge is 2.32. The van der Waals surface area contributed by atoms with Crippen molar-refractivity contribution in [3.8, 4) is 0 Å². The van der Waals surface area contributed by atoms with Gasteiger partial charge in [0.05, 0.1) is 25.4 Å². The molecular weight excluding hydrogens is 295 g/mol. The van der Waals surface area contributed by atoms with Gasteiger partial charge in [-0.05, 0) is 12.1 Å². The molecule has 0 spiro atoms. The van der Waals surface area contributed by atoms with Gasteiger partial charge in [0.1, 0.15) is 18.0 Å². The van der Waals surface area contributed by atoms with Gasteiger partial charge < -0.3 is 20.3 Å². The Morgan fingerprint density at radius 3 is 2.91 bits per heavy atom. The van der Waals surface area contributed by atoms with Crippen molar-refractivity contribution in [3.05, 3.63) is 29.6 Å². The van der Waals surface area contributed by atoms with Crippen LogP contribution in [0.1, 0.15) is 18.6 Å². The zero-order chi connectivity index (χ0) is 16.3. The number of nitrogens with zero attached hydrogens (tertiary/aromatic N) is 1. The van der Waals surface area contributed by atoms with Crippen molar-refractivity contribution in [2.24, 2.45) is 0 Å². The summed E-state index contributed by atoms with van der Waals surface area (Å²) in [4.78, 5) is 23.9. The second-order valence-electron chi connectivity index (χ2n) is 4.96. The fourth-order valence-corrected chi connectivity index (χ4v) is 2.15. The van der Waals surface area contributed by atoms with E-state index in [2.05, 4.69) is 5.32 Å². The molecule has 1 aliphatic rings. The number of carbonyl (C=O) groups excluding carboxylic acids is 2. The molecule has 2 rings (SSSR count). The molecule has 0 aromatic heterocycles. The van der Waals surface area contributed by atoms with Gasteiger partial charge >= 0.3 is 6.09 Å². The average molecular weight is 312 g/mol. The van der Waals surface area contributed by atoms with E-state index in [-0.39, 0.29) is 30.2 Å². The van der Waals surface area contributed by atoms with Gasteiger partial charge in [-0.1, -0.05) is 6.07 Å². The molecule has 1 aromatic carbocycles. The van der Waals surface area contributed by atoms with Crippen LogP contribution in [0, 0.1) is 5.82 Å². The maximum absolute atomic E-state index is 13.9. The molecule has 7 nitrogen and oxygen atoms in total. The molecule has 120 valence electrons. The van der Waals surface area contributed by atoms with Crippen LogP contribution in [0.15, 0.2) is 18.2 Å². The van der Waals surface area contributed by atoms with Crippen LogP contribution < -0.4 is 10.2 Å². The number of aliphatic hydroxyl groups is 2. The fraction of sp³-hybridized carbons (Fsp3) is 0.429. The molecule has 8 heteroatoms. The first-order chi connectivity index (χ1) is 10.4. The van der Waals surface area contributed by atoms with Crippen molar-refractivity contribution in [2.75, 3.05) is 24.6 Å². The summed E-state index contributed by atoms with van der Waals surface area (Å²) in [6, 6.07) is 3.86. The zero-order valence-electron chi connectivity index (χ0n) is 12.0. The van der Waals surface area contributed by atoms with Crippen molar-refractivity contribution in [1.29, 1.82) is 0 Å². The quantitative estimate of drug-likeness (QED) is 0.727. The molecule has 2 atom stereocenters. The van der Waals surface area contributed by atoms with E-state index >= 15 is 0 Å². The van der Waals surface area contributed by atoms with Crippen molar-refractivity contribution in [1.82, 2.24) is 5.32 Å². The SMILES string of the molecule is CC(=O)NCC1CN(c2ccc(C(O)CO)c(F)c2)C(=O)O1. The van der Waals surface area contributed by atoms with Crippen LogP contribution in [-0.2, 0) is 9.53 Å². The van der Waals surface area contributed by atoms with Gasteiger partial charge in [0.15, 0.2) is 0 Å². The average Bonchev–Trinajstić information content (AvgIpc) is 2.85. The molecule has 1 aromatic rings. The summed E-state index contributed by atoms with van der Waals surface area (Å²) >= 11 is 0. The van der Waals surface area contributed by atoms with Gasteiger partial charge in [-0.15, -0.1) is 0 Å². The summed E-state index contributed by atoms with van der Waals surface area (Å²) in [5, 5.41) is 20.8. The lowest BCUT2D eigenvalue weighted by Gasteiger charge is -2.15. The Hall–Kier alpha value is -2.19. The van der Waals surface area contributed by atoms with Gasteiger partial charge in [-0.3, -0.25) is 9.69 Å². The Morgan fingerprint density at radius 1 is 1.59 bits per heavy atom. The van der Waals surface area contributed by atoms with Gasteiger partial charge in [-0.25, -0.2) is 9.18 Å². The van der Waals surface area contributed by atoms with E-state index in [1.807, 2.05) is 0 Å². The van der Waals surface area contributed by atoms with E-state index in [9.17, 15) is 19.1 Å². The van der Waals surface area contributed by atoms with E-state index in [1.165, 1.54) is 24.0 Å². The molecule has 2 unspecified atom stereocenters. The molecule has 2 amide bonds. The monoisotopic (exact) mass is 312 g/mol. The maximum Gasteiger partial charge on any atom is 0.414 e. The Morgan fingerprint density at radius 2 is 2.32 bits per heavy atom. The first-order valence-electron chi connectivity index (χ1n) is 6.73. The Labute approximate surface area is 126 Å². The zero-order valence-corrected chi connectivity index (χ0v) is 12.0. The normalized spacial score (nSPS) is 19.0. The first kappa shape index (κ1) is 16.2. The number of hydrogen-bond acceptors (Lipinski definition) is 5. The lowest BCUT2D eigenvalue weighted by Crippen LogP contribution is -2.33. The highest BCUT2D eigenvalue weighted by molar-refractivity contribution is 5.89. The number of nitrogens with one attached hydrogen (secondary N) is 1. The van der Waals surface area contributed by atoms with Gasteiger partial charge in [0.2, 0.25) is 5.91 Å². The largest absolute Gasteiger partial charge is 0.442 e. The van der Waals surface area contributed by atoms with Crippen LogP contribution >= 0.6 is 0 Å². The summed E-state index contributed by atoms with van der Waals surface area (Å²) in [6.07, 6.45) is -2.46. The Bertz CT molecular complexity index is 580. The maximum atomic E-state index is 13.9. The molecule has 1 aliphatic heterocycles. The summed E-state index contributed by atoms with van der Waals surface area (Å²) < 4.78 is 19.0. The second kappa shape index (κ2) is 6.71. The molecule has 1 fully saturated rings. The highest BCUT2D eigenvalue weighted by Crippen LogP contribution is 2.26. The van der Waals surface area contributed by atoms with Gasteiger partial charge in [0, 0.05) is 12.5 Å². The van der Waals surface area contributed by atoms with Crippen LogP contribution in [0.2, 0.25) is 0 Å². The number of anilines is 1. The second-order valence-corrected chi connectivity index (χ2v) is 4.96. The molecule has 1 saturated heterocycles. The topological polar surface area (TPSA) is 99.1 Å². The van der Waals surface area contributed by atoms with E-state index in [0.29, 0.717) is 0 Å². The third kappa shape index (κ3) is 3.52. The van der Waals surface area contributed by atoms with Crippen LogP contribution in [0.5, 0.6) is 0 Å². The van der Waals surface area contributed by atoms with Crippen LogP contribution in [0.3, 0.4) is 0 Å². The molecular formula is C14H17FN2O5. The minimum absolute atomic E-state index is 0.0476. The van der Waals surface area contributed by atoms with E-state index in [1.54, 1.807) is 0 Å². The Balaban J connectivity index is 2.10. The number of benzene rings is 1. The third-order valence-corrected chi connectivity index (χ3v) is 3.28. The van der Waals surface area contributed by atoms with Crippen molar-refractivity contribution >= 4 is 17.7 Å². The molecule has 22 heavy (non-hydrogen) atoms. The number of ether oxygens (including phenoxy) is 1. The number of aliphatic hydroxyl groups excluding tert-OH is 2. The number of rotatable bonds is 5. The molecule has 3 N–H and O–H groups in total. The third-order valence-electron chi connectivity index (χ3n) is 3.28. The minimum atomic E-state index is -1.31. The number of amides is 2. The number of hydrogen-bond donors (Lipinski definition) is 3. The summed E-state index contributed by atoms with van der Waals surface area (Å²) in [5.41, 5.74) is 0.232. The van der Waals surface area contributed by atoms with Crippen molar-refractivity contribution < 1.29 is 28.9 Å². The smallest absolute Gasteiger partial charge is 0.414 e. The van der Waals surface area contributed by atoms with Gasteiger partial charge in [-0.2, -0.15) is 0 Å². The highest BCUT2D eigenvalue weighted by atomic mass is 19.1. The van der Waals surface area contributed by atoms with Crippen molar-refractivity contribution in [3.63, 3.8) is 0 Å². The fourth-order valence-electron chi connectivity index (χ4n) is 2.15. The predicted octanol–water partition coefficient (Wildman–Crippen LogP) is 0.313. The van der Waals surface area contributed by atoms with Crippen LogP contribution in [0.25, 0.3) is 0 Å². The number of cyclic esters (lactones) is 1. The number of carbonyl (C=O) groups is 2. The molecule has 0 saturated carbocycles. The lowest BCUT2D eigenvalue weighted by atomic mass is 10.1. The van der Waals surface area contributed by atoms with Crippen LogP contribution in [0.4, 0.5) is 14.9 Å². The van der Waals surface area contributed by atoms with E-state index < -0.39 is 30.7 Å². The first-order valence-corrected chi connectivity index (χ1v) is 6.73. The molecule has 0 aliphatic carbocycles. The summed E-state index contributed by atoms with van der Waals surface area (Å²) in [7, 11) is 0. The van der Waals surface area contributed by atoms with Crippen LogP contribution in [-0.4, -0.2) is 48.0 Å². The summed E-state index contributed by atoms with van der Waals surface area (Å²) in [5.74, 6) is -0.958. The summed E-state index contributed by atoms with van der Waals surface area (Å²) in [6.45, 7) is 1.12. The standard InChI is InChI=1S/C14H17FN2O5/c1-8(19)16-5-10-6-17(14(21)22-10)9-2-3-11(12(15)4-9)13(20)7-18/h2-4,10,13,18,20H,5-7H2,1H3,(H,16,19). The van der Waals surface area contributed by atoms with Crippen molar-refractivity contribution in [2.45, 2.75) is 19.1 Å². The minimum Gasteiger partial charge on any atom is -0.442 e. The van der Waals surface area contributed by atoms with Gasteiger partial charge in [0.25, 0.3) is 0 Å². The predicted molar refractivity (Wildman–Crippen MR) is 74.7 cm³/mol. The molecule has 0 bridgehead atoms. The van der Waals surface area contributed by atoms with E-state index in [0.717, 1.165) is 6.07 Å². The molecule has 0 radical (unpaired) electrons. The molecule has 1 heterocycles.